The van der Waals surface area contributed by atoms with Gasteiger partial charge in [0.05, 0.1) is 12.2 Å². The molecule has 4 nitrogen and oxygen atoms in total. The van der Waals surface area contributed by atoms with E-state index in [9.17, 15) is 26.7 Å². The topological polar surface area (TPSA) is 63.0 Å². The molecule has 0 radical (unpaired) electrons. The number of nitrogens with zero attached hydrogens (tertiary/aromatic N) is 2. The Kier molecular flexibility index (Phi) is 4.60. The monoisotopic (exact) mass is 294 g/mol. The van der Waals surface area contributed by atoms with Crippen LogP contribution < -0.4 is 0 Å². The van der Waals surface area contributed by atoms with Crippen LogP contribution in [-0.4, -0.2) is 17.6 Å². The van der Waals surface area contributed by atoms with E-state index in [-0.39, 0.29) is 6.61 Å². The lowest BCUT2D eigenvalue weighted by molar-refractivity contribution is -0.140. The Labute approximate surface area is 109 Å². The number of nitriles is 1. The molecule has 0 spiro atoms. The van der Waals surface area contributed by atoms with Crippen LogP contribution in [0.4, 0.5) is 22.0 Å². The summed E-state index contributed by atoms with van der Waals surface area (Å²) in [6.45, 7) is 1.06. The molecule has 1 rings (SSSR count). The molecule has 20 heavy (non-hydrogen) atoms. The number of esters is 1. The van der Waals surface area contributed by atoms with Crippen LogP contribution in [0.3, 0.4) is 0 Å². The average molecular weight is 294 g/mol. The fourth-order valence-electron chi connectivity index (χ4n) is 1.44. The molecule has 1 heterocycles. The van der Waals surface area contributed by atoms with E-state index in [0.717, 1.165) is 0 Å². The van der Waals surface area contributed by atoms with Crippen molar-refractivity contribution in [3.63, 3.8) is 0 Å². The molecule has 0 aliphatic rings. The van der Waals surface area contributed by atoms with Gasteiger partial charge in [0.1, 0.15) is 11.8 Å². The molecule has 0 bridgehead atoms. The molecule has 0 saturated heterocycles. The molecule has 0 unspecified atom stereocenters. The lowest BCUT2D eigenvalue weighted by Crippen LogP contribution is -2.20. The summed E-state index contributed by atoms with van der Waals surface area (Å²) in [4.78, 5) is 14.5. The zero-order valence-corrected chi connectivity index (χ0v) is 9.96. The van der Waals surface area contributed by atoms with E-state index < -0.39 is 41.1 Å². The number of ether oxygens (including phenoxy) is 1. The number of hydrogen-bond donors (Lipinski definition) is 0. The normalized spacial score (nSPS) is 11.3. The predicted octanol–water partition coefficient (Wildman–Crippen LogP) is 3.09. The zero-order valence-electron chi connectivity index (χ0n) is 9.96. The molecule has 0 atom stereocenters. The molecule has 0 aromatic carbocycles. The second-order valence-electron chi connectivity index (χ2n) is 3.45. The van der Waals surface area contributed by atoms with E-state index >= 15 is 0 Å². The van der Waals surface area contributed by atoms with Crippen molar-refractivity contribution in [3.8, 4) is 6.07 Å². The molecular formula is C11H7F5N2O2. The molecule has 1 aromatic heterocycles. The van der Waals surface area contributed by atoms with Crippen molar-refractivity contribution in [2.24, 2.45) is 0 Å². The molecule has 108 valence electrons. The molecule has 0 aliphatic heterocycles. The van der Waals surface area contributed by atoms with E-state index in [1.807, 2.05) is 0 Å². The highest BCUT2D eigenvalue weighted by Gasteiger charge is 2.42. The maximum absolute atomic E-state index is 12.8. The van der Waals surface area contributed by atoms with Gasteiger partial charge in [-0.05, 0) is 13.0 Å². The Morgan fingerprint density at radius 2 is 2.10 bits per heavy atom. The van der Waals surface area contributed by atoms with Crippen molar-refractivity contribution in [3.05, 3.63) is 28.6 Å². The largest absolute Gasteiger partial charge is 0.461 e. The zero-order chi connectivity index (χ0) is 15.5. The number of carbonyl (C=O) groups is 1. The standard InChI is InChI=1S/C11H7F5N2O2/c1-2-20-10(19)8-7(11(14,15)16)6(9(12)13)3-5(4-17)18-8/h3,9H,2H2,1H3. The van der Waals surface area contributed by atoms with Gasteiger partial charge < -0.3 is 4.74 Å². The fraction of sp³-hybridized carbons (Fsp3) is 0.364. The summed E-state index contributed by atoms with van der Waals surface area (Å²) in [5.41, 5.74) is -5.43. The van der Waals surface area contributed by atoms with Gasteiger partial charge >= 0.3 is 12.1 Å². The molecule has 0 saturated carbocycles. The van der Waals surface area contributed by atoms with Crippen LogP contribution in [0, 0.1) is 11.3 Å². The third kappa shape index (κ3) is 3.20. The van der Waals surface area contributed by atoms with Crippen LogP contribution >= 0.6 is 0 Å². The SMILES string of the molecule is CCOC(=O)c1nc(C#N)cc(C(F)F)c1C(F)(F)F. The van der Waals surface area contributed by atoms with Crippen LogP contribution in [-0.2, 0) is 10.9 Å². The summed E-state index contributed by atoms with van der Waals surface area (Å²) in [6, 6.07) is 1.62. The van der Waals surface area contributed by atoms with E-state index in [1.54, 1.807) is 0 Å². The molecule has 0 N–H and O–H groups in total. The van der Waals surface area contributed by atoms with Crippen molar-refractivity contribution in [2.45, 2.75) is 19.5 Å². The van der Waals surface area contributed by atoms with Gasteiger partial charge in [0.25, 0.3) is 6.43 Å². The summed E-state index contributed by atoms with van der Waals surface area (Å²) in [7, 11) is 0. The van der Waals surface area contributed by atoms with Gasteiger partial charge in [-0.2, -0.15) is 18.4 Å². The van der Waals surface area contributed by atoms with E-state index in [4.69, 9.17) is 5.26 Å². The molecular weight excluding hydrogens is 287 g/mol. The molecule has 9 heteroatoms. The number of aromatic nitrogens is 1. The first-order valence-electron chi connectivity index (χ1n) is 5.19. The first-order valence-corrected chi connectivity index (χ1v) is 5.19. The maximum atomic E-state index is 12.8. The van der Waals surface area contributed by atoms with Crippen LogP contribution in [0.2, 0.25) is 0 Å². The minimum absolute atomic E-state index is 0.265. The summed E-state index contributed by atoms with van der Waals surface area (Å²) < 4.78 is 68.3. The molecule has 0 amide bonds. The van der Waals surface area contributed by atoms with Crippen LogP contribution in [0.5, 0.6) is 0 Å². The highest BCUT2D eigenvalue weighted by Crippen LogP contribution is 2.38. The Bertz CT molecular complexity index is 563. The van der Waals surface area contributed by atoms with Gasteiger partial charge in [-0.25, -0.2) is 18.6 Å². The molecule has 0 aliphatic carbocycles. The average Bonchev–Trinajstić information content (AvgIpc) is 2.36. The van der Waals surface area contributed by atoms with Crippen molar-refractivity contribution >= 4 is 5.97 Å². The smallest absolute Gasteiger partial charge is 0.419 e. The molecule has 1 aromatic rings. The number of rotatable bonds is 3. The predicted molar refractivity (Wildman–Crippen MR) is 54.9 cm³/mol. The van der Waals surface area contributed by atoms with E-state index in [1.165, 1.54) is 13.0 Å². The third-order valence-electron chi connectivity index (χ3n) is 2.15. The van der Waals surface area contributed by atoms with Gasteiger partial charge in [-0.15, -0.1) is 0 Å². The summed E-state index contributed by atoms with van der Waals surface area (Å²) in [6.07, 6.45) is -8.75. The summed E-state index contributed by atoms with van der Waals surface area (Å²) in [5, 5.41) is 8.58. The number of hydrogen-bond acceptors (Lipinski definition) is 4. The Morgan fingerprint density at radius 3 is 2.50 bits per heavy atom. The number of pyridine rings is 1. The minimum atomic E-state index is -5.23. The first-order chi connectivity index (χ1) is 9.22. The van der Waals surface area contributed by atoms with Gasteiger partial charge in [0.15, 0.2) is 5.69 Å². The number of halogens is 5. The van der Waals surface area contributed by atoms with Crippen molar-refractivity contribution in [2.75, 3.05) is 6.61 Å². The Balaban J connectivity index is 3.66. The summed E-state index contributed by atoms with van der Waals surface area (Å²) in [5.74, 6) is -1.51. The van der Waals surface area contributed by atoms with Gasteiger partial charge in [0.2, 0.25) is 0 Å². The van der Waals surface area contributed by atoms with Crippen LogP contribution in [0.1, 0.15) is 40.7 Å². The maximum Gasteiger partial charge on any atom is 0.419 e. The lowest BCUT2D eigenvalue weighted by atomic mass is 10.0. The van der Waals surface area contributed by atoms with Gasteiger partial charge in [-0.3, -0.25) is 0 Å². The Hall–Kier alpha value is -2.24. The molecule has 0 fully saturated rings. The second kappa shape index (κ2) is 5.81. The van der Waals surface area contributed by atoms with Crippen molar-refractivity contribution in [1.82, 2.24) is 4.98 Å². The first kappa shape index (κ1) is 15.8. The number of alkyl halides is 5. The highest BCUT2D eigenvalue weighted by molar-refractivity contribution is 5.89. The van der Waals surface area contributed by atoms with Gasteiger partial charge in [-0.1, -0.05) is 0 Å². The lowest BCUT2D eigenvalue weighted by Gasteiger charge is -2.15. The fourth-order valence-corrected chi connectivity index (χ4v) is 1.44. The highest BCUT2D eigenvalue weighted by atomic mass is 19.4. The number of carbonyl (C=O) groups excluding carboxylic acids is 1. The van der Waals surface area contributed by atoms with Crippen molar-refractivity contribution in [1.29, 1.82) is 5.26 Å². The Morgan fingerprint density at radius 1 is 1.50 bits per heavy atom. The quantitative estimate of drug-likeness (QED) is 0.635. The minimum Gasteiger partial charge on any atom is -0.461 e. The second-order valence-corrected chi connectivity index (χ2v) is 3.45. The van der Waals surface area contributed by atoms with Crippen molar-refractivity contribution < 1.29 is 31.5 Å². The third-order valence-corrected chi connectivity index (χ3v) is 2.15. The van der Waals surface area contributed by atoms with Gasteiger partial charge in [0, 0.05) is 5.56 Å². The van der Waals surface area contributed by atoms with Crippen LogP contribution in [0.25, 0.3) is 0 Å². The summed E-state index contributed by atoms with van der Waals surface area (Å²) >= 11 is 0. The van der Waals surface area contributed by atoms with Crippen LogP contribution in [0.15, 0.2) is 6.07 Å². The van der Waals surface area contributed by atoms with E-state index in [0.29, 0.717) is 6.07 Å². The van der Waals surface area contributed by atoms with E-state index in [2.05, 4.69) is 9.72 Å².